The second-order valence-corrected chi connectivity index (χ2v) is 23.4. The Morgan fingerprint density at radius 3 is 1.39 bits per heavy atom. The summed E-state index contributed by atoms with van der Waals surface area (Å²) in [5.41, 5.74) is 12.7. The van der Waals surface area contributed by atoms with Crippen molar-refractivity contribution >= 4 is 50.6 Å². The Bertz CT molecular complexity index is 4780. The van der Waals surface area contributed by atoms with Crippen LogP contribution < -0.4 is 20.7 Å². The molecule has 2 heterocycles. The third-order valence-corrected chi connectivity index (χ3v) is 20.6. The van der Waals surface area contributed by atoms with E-state index in [1.807, 2.05) is 42.5 Å². The van der Waals surface area contributed by atoms with Crippen molar-refractivity contribution in [1.82, 2.24) is 4.57 Å². The van der Waals surface area contributed by atoms with Crippen LogP contribution in [0.1, 0.15) is 36.0 Å². The van der Waals surface area contributed by atoms with Crippen molar-refractivity contribution in [1.29, 1.82) is 0 Å². The van der Waals surface area contributed by atoms with Gasteiger partial charge >= 0.3 is 0 Å². The molecular formula is C73H49NSi. The van der Waals surface area contributed by atoms with E-state index in [0.717, 1.165) is 77.5 Å². The molecule has 0 unspecified atom stereocenters. The normalized spacial score (nSPS) is 14.8. The van der Waals surface area contributed by atoms with Gasteiger partial charge in [-0.15, -0.1) is 0 Å². The highest BCUT2D eigenvalue weighted by Crippen LogP contribution is 2.61. The molecule has 350 valence electrons. The number of nitrogens with zero attached hydrogens (tertiary/aromatic N) is 1. The van der Waals surface area contributed by atoms with Crippen LogP contribution in [0, 0.1) is 0 Å². The van der Waals surface area contributed by atoms with Crippen LogP contribution in [0.4, 0.5) is 0 Å². The van der Waals surface area contributed by atoms with E-state index >= 15 is 0 Å². The smallest absolute Gasteiger partial charge is 0.179 e. The van der Waals surface area contributed by atoms with Gasteiger partial charge in [-0.1, -0.05) is 267 Å². The number of hydrogen-bond donors (Lipinski definition) is 0. The first-order valence-electron chi connectivity index (χ1n) is 30.3. The topological polar surface area (TPSA) is 4.93 Å². The molecule has 0 radical (unpaired) electrons. The van der Waals surface area contributed by atoms with Gasteiger partial charge in [0.2, 0.25) is 0 Å². The molecule has 1 aliphatic carbocycles. The second-order valence-electron chi connectivity index (χ2n) is 19.6. The molecule has 2 aliphatic rings. The molecule has 2 heteroatoms. The Labute approximate surface area is 453 Å². The molecular weight excluding hydrogens is 919 g/mol. The summed E-state index contributed by atoms with van der Waals surface area (Å²) in [7, 11) is -3.46. The van der Waals surface area contributed by atoms with Crippen LogP contribution in [0.2, 0.25) is 0 Å². The largest absolute Gasteiger partial charge is 0.309 e. The zero-order chi connectivity index (χ0) is 58.2. The second kappa shape index (κ2) is 17.1. The predicted octanol–water partition coefficient (Wildman–Crippen LogP) is 15.5. The van der Waals surface area contributed by atoms with Gasteiger partial charge in [0.05, 0.1) is 35.8 Å². The van der Waals surface area contributed by atoms with Gasteiger partial charge in [0.1, 0.15) is 0 Å². The lowest BCUT2D eigenvalue weighted by molar-refractivity contribution is 0.749. The van der Waals surface area contributed by atoms with Crippen LogP contribution in [0.25, 0.3) is 83.1 Å². The van der Waals surface area contributed by atoms with Crippen molar-refractivity contribution in [3.8, 4) is 61.3 Å². The van der Waals surface area contributed by atoms with Crippen LogP contribution in [0.15, 0.2) is 297 Å². The van der Waals surface area contributed by atoms with Gasteiger partial charge in [0.15, 0.2) is 8.07 Å². The molecule has 15 rings (SSSR count). The van der Waals surface area contributed by atoms with Crippen molar-refractivity contribution in [2.24, 2.45) is 0 Å². The number of rotatable bonds is 8. The monoisotopic (exact) mass is 977 g/mol. The van der Waals surface area contributed by atoms with E-state index in [0.29, 0.717) is 21.9 Å². The highest BCUT2D eigenvalue weighted by molar-refractivity contribution is 7.20. The molecule has 1 spiro atoms. The van der Waals surface area contributed by atoms with Crippen molar-refractivity contribution in [3.05, 3.63) is 319 Å². The Morgan fingerprint density at radius 1 is 0.307 bits per heavy atom. The Balaban J connectivity index is 1.13. The summed E-state index contributed by atoms with van der Waals surface area (Å²) < 4.78 is 92.0. The maximum atomic E-state index is 9.45. The van der Waals surface area contributed by atoms with Crippen LogP contribution in [-0.4, -0.2) is 12.6 Å². The minimum absolute atomic E-state index is 0.0526. The van der Waals surface area contributed by atoms with E-state index in [1.165, 1.54) is 15.6 Å². The van der Waals surface area contributed by atoms with E-state index in [9.17, 15) is 5.48 Å². The number of aromatic nitrogens is 1. The van der Waals surface area contributed by atoms with E-state index in [-0.39, 0.29) is 35.3 Å². The average Bonchev–Trinajstić information content (AvgIpc) is 1.57. The Morgan fingerprint density at radius 2 is 0.787 bits per heavy atom. The molecule has 0 atom stereocenters. The predicted molar refractivity (Wildman–Crippen MR) is 317 cm³/mol. The number of hydrogen-bond acceptors (Lipinski definition) is 0. The summed E-state index contributed by atoms with van der Waals surface area (Å²) in [6.07, 6.45) is 0. The molecule has 0 fully saturated rings. The summed E-state index contributed by atoms with van der Waals surface area (Å²) in [4.78, 5) is 0. The van der Waals surface area contributed by atoms with Gasteiger partial charge in [-0.05, 0) is 129 Å². The summed E-state index contributed by atoms with van der Waals surface area (Å²) in [5, 5.41) is 6.04. The molecule has 75 heavy (non-hydrogen) atoms. The molecule has 1 aromatic heterocycles. The highest BCUT2D eigenvalue weighted by atomic mass is 28.3. The molecule has 0 saturated carbocycles. The zero-order valence-corrected chi connectivity index (χ0v) is 41.5. The Kier molecular flexibility index (Phi) is 7.80. The van der Waals surface area contributed by atoms with Crippen molar-refractivity contribution in [3.63, 3.8) is 0 Å². The first kappa shape index (κ1) is 34.1. The van der Waals surface area contributed by atoms with E-state index in [1.54, 1.807) is 0 Å². The summed E-state index contributed by atoms with van der Waals surface area (Å²) >= 11 is 0. The van der Waals surface area contributed by atoms with E-state index in [4.69, 9.17) is 8.22 Å². The first-order chi connectivity index (χ1) is 41.3. The first-order valence-corrected chi connectivity index (χ1v) is 27.3. The Hall–Kier alpha value is -9.34. The summed E-state index contributed by atoms with van der Waals surface area (Å²) in [5.74, 6) is 0. The molecule has 1 nitrogen and oxygen atoms in total. The third-order valence-electron chi connectivity index (χ3n) is 15.9. The summed E-state index contributed by atoms with van der Waals surface area (Å²) in [6, 6.07) is 79.6. The van der Waals surface area contributed by atoms with Gasteiger partial charge in [0, 0.05) is 10.8 Å². The number of benzene rings is 12. The molecule has 0 saturated heterocycles. The molecule has 0 amide bonds. The van der Waals surface area contributed by atoms with Crippen molar-refractivity contribution in [2.45, 2.75) is 5.41 Å². The minimum atomic E-state index is -3.46. The molecule has 0 bridgehead atoms. The van der Waals surface area contributed by atoms with E-state index < -0.39 is 49.7 Å². The molecule has 1 aliphatic heterocycles. The third kappa shape index (κ3) is 6.43. The molecule has 13 aromatic rings. The van der Waals surface area contributed by atoms with Gasteiger partial charge in [-0.3, -0.25) is 0 Å². The van der Waals surface area contributed by atoms with Gasteiger partial charge < -0.3 is 4.57 Å². The van der Waals surface area contributed by atoms with E-state index in [2.05, 4.69) is 199 Å². The standard InChI is InChI=1S/C73H49NSi/c1-6-22-50(23-7-1)54-30-20-34-59(44-54)75(58-32-14-5-15-33-58,60-35-21-31-55(45-60)51-24-8-2-9-25-51)61-41-42-68-71(49-61)74-70-43-40-56(52-26-10-3-11-27-52)46-64(70)65-47-57(53-28-12-4-13-29-53)48-69(72(65)74)73(68)66-38-18-16-36-62(66)63-37-17-19-39-67(63)73/h1-49H/i3D,4D,10D,11D,12D,13D,26D,27D,28D,29D. The maximum Gasteiger partial charge on any atom is 0.179 e. The molecule has 12 aromatic carbocycles. The van der Waals surface area contributed by atoms with Crippen LogP contribution >= 0.6 is 0 Å². The maximum absolute atomic E-state index is 9.45. The van der Waals surface area contributed by atoms with Crippen LogP contribution in [0.5, 0.6) is 0 Å². The number of fused-ring (bicyclic) bond motifs is 12. The lowest BCUT2D eigenvalue weighted by atomic mass is 9.65. The van der Waals surface area contributed by atoms with Crippen LogP contribution in [0.3, 0.4) is 0 Å². The lowest BCUT2D eigenvalue weighted by Gasteiger charge is -2.41. The quantitative estimate of drug-likeness (QED) is 0.106. The van der Waals surface area contributed by atoms with Crippen LogP contribution in [-0.2, 0) is 5.41 Å². The average molecular weight is 978 g/mol. The van der Waals surface area contributed by atoms with Gasteiger partial charge in [0.25, 0.3) is 0 Å². The molecule has 0 N–H and O–H groups in total. The lowest BCUT2D eigenvalue weighted by Crippen LogP contribution is -2.74. The zero-order valence-electron chi connectivity index (χ0n) is 50.5. The minimum Gasteiger partial charge on any atom is -0.309 e. The van der Waals surface area contributed by atoms with Gasteiger partial charge in [-0.2, -0.15) is 0 Å². The van der Waals surface area contributed by atoms with Crippen molar-refractivity contribution in [2.75, 3.05) is 0 Å². The van der Waals surface area contributed by atoms with Crippen molar-refractivity contribution < 1.29 is 13.7 Å². The fraction of sp³-hybridized carbons (Fsp3) is 0.0137. The summed E-state index contributed by atoms with van der Waals surface area (Å²) in [6.45, 7) is 0. The fourth-order valence-corrected chi connectivity index (χ4v) is 17.6. The van der Waals surface area contributed by atoms with Gasteiger partial charge in [-0.25, -0.2) is 0 Å². The fourth-order valence-electron chi connectivity index (χ4n) is 12.8. The SMILES string of the molecule is [2H]c1c([2H])c([2H])c(-c2ccc3c(c2)c2cc(-c4c([2H])c([2H])c([2H])c([2H])c4[2H])cc4c2n3-c2cc([Si](c3ccccc3)(c3cccc(-c5ccccc5)c3)c3cccc(-c5ccccc5)c3)ccc2C42c3ccccc3-c3ccccc32)c([2H])c1[2H]. The highest BCUT2D eigenvalue weighted by Gasteiger charge is 2.52.